The lowest BCUT2D eigenvalue weighted by atomic mass is 10.2. The van der Waals surface area contributed by atoms with Gasteiger partial charge in [-0.2, -0.15) is 0 Å². The molecule has 0 aliphatic carbocycles. The molecule has 0 aliphatic heterocycles. The molecule has 0 atom stereocenters. The van der Waals surface area contributed by atoms with Gasteiger partial charge in [0, 0.05) is 7.05 Å². The summed E-state index contributed by atoms with van der Waals surface area (Å²) in [5.41, 5.74) is 1.29. The fraction of sp³-hybridized carbons (Fsp3) is 0.130. The summed E-state index contributed by atoms with van der Waals surface area (Å²) in [7, 11) is -2.19. The van der Waals surface area contributed by atoms with E-state index in [2.05, 4.69) is 9.97 Å². The molecule has 0 amide bonds. The molecule has 0 aliphatic rings. The zero-order chi connectivity index (χ0) is 21.8. The Morgan fingerprint density at radius 2 is 1.55 bits per heavy atom. The van der Waals surface area contributed by atoms with Gasteiger partial charge in [-0.05, 0) is 67.6 Å². The number of sulfonamides is 1. The van der Waals surface area contributed by atoms with E-state index in [1.54, 1.807) is 36.4 Å². The Labute approximate surface area is 181 Å². The summed E-state index contributed by atoms with van der Waals surface area (Å²) in [5.74, 6) is 1.61. The van der Waals surface area contributed by atoms with Crippen molar-refractivity contribution in [3.8, 4) is 17.4 Å². The van der Waals surface area contributed by atoms with Crippen LogP contribution < -0.4 is 13.8 Å². The van der Waals surface area contributed by atoms with Crippen molar-refractivity contribution in [1.82, 2.24) is 9.97 Å². The Bertz CT molecular complexity index is 1290. The first-order valence-electron chi connectivity index (χ1n) is 9.68. The molecule has 8 heteroatoms. The minimum Gasteiger partial charge on any atom is -0.494 e. The molecule has 158 valence electrons. The fourth-order valence-corrected chi connectivity index (χ4v) is 4.26. The Morgan fingerprint density at radius 3 is 2.26 bits per heavy atom. The first-order chi connectivity index (χ1) is 15.0. The number of fused-ring (bicyclic) bond motifs is 1. The normalized spacial score (nSPS) is 11.3. The van der Waals surface area contributed by atoms with E-state index in [1.807, 2.05) is 31.2 Å². The van der Waals surface area contributed by atoms with Gasteiger partial charge in [0.05, 0.1) is 28.1 Å². The molecule has 0 saturated heterocycles. The second kappa shape index (κ2) is 8.61. The fourth-order valence-electron chi connectivity index (χ4n) is 3.07. The van der Waals surface area contributed by atoms with Crippen LogP contribution in [0.3, 0.4) is 0 Å². The molecule has 0 spiro atoms. The minimum absolute atomic E-state index is 0.186. The number of hydrogen-bond acceptors (Lipinski definition) is 6. The van der Waals surface area contributed by atoms with Crippen molar-refractivity contribution in [2.45, 2.75) is 11.8 Å². The number of hydrogen-bond donors (Lipinski definition) is 0. The second-order valence-electron chi connectivity index (χ2n) is 6.67. The molecule has 0 N–H and O–H groups in total. The van der Waals surface area contributed by atoms with Crippen LogP contribution in [0.2, 0.25) is 0 Å². The summed E-state index contributed by atoms with van der Waals surface area (Å²) in [6.07, 6.45) is 1.45. The average molecular weight is 436 g/mol. The maximum Gasteiger partial charge on any atom is 0.264 e. The van der Waals surface area contributed by atoms with Gasteiger partial charge in [0.25, 0.3) is 10.0 Å². The standard InChI is InChI=1S/C23H21N3O4S/c1-3-29-18-12-14-20(15-13-18)31(27,28)26(2)17-8-10-19(11-9-17)30-23-21-6-4-5-7-22(21)24-16-25-23/h4-16H,3H2,1-2H3. The van der Waals surface area contributed by atoms with Crippen molar-refractivity contribution >= 4 is 26.6 Å². The Hall–Kier alpha value is -3.65. The maximum absolute atomic E-state index is 13.0. The van der Waals surface area contributed by atoms with Crippen LogP contribution in [0.1, 0.15) is 6.92 Å². The van der Waals surface area contributed by atoms with Crippen molar-refractivity contribution in [3.05, 3.63) is 79.1 Å². The number of rotatable bonds is 7. The van der Waals surface area contributed by atoms with Crippen LogP contribution in [0.15, 0.2) is 84.0 Å². The van der Waals surface area contributed by atoms with E-state index in [0.29, 0.717) is 29.7 Å². The number of anilines is 1. The molecule has 0 unspecified atom stereocenters. The highest BCUT2D eigenvalue weighted by molar-refractivity contribution is 7.92. The highest BCUT2D eigenvalue weighted by Crippen LogP contribution is 2.29. The SMILES string of the molecule is CCOc1ccc(S(=O)(=O)N(C)c2ccc(Oc3ncnc4ccccc34)cc2)cc1. The van der Waals surface area contributed by atoms with Gasteiger partial charge < -0.3 is 9.47 Å². The molecule has 4 rings (SSSR count). The van der Waals surface area contributed by atoms with Gasteiger partial charge in [-0.3, -0.25) is 4.31 Å². The second-order valence-corrected chi connectivity index (χ2v) is 8.64. The van der Waals surface area contributed by atoms with Crippen LogP contribution in [0, 0.1) is 0 Å². The van der Waals surface area contributed by atoms with E-state index in [4.69, 9.17) is 9.47 Å². The van der Waals surface area contributed by atoms with E-state index in [-0.39, 0.29) is 4.90 Å². The van der Waals surface area contributed by atoms with Crippen molar-refractivity contribution in [2.24, 2.45) is 0 Å². The average Bonchev–Trinajstić information content (AvgIpc) is 2.80. The summed E-state index contributed by atoms with van der Waals surface area (Å²) < 4.78 is 38.4. The molecule has 1 heterocycles. The summed E-state index contributed by atoms with van der Waals surface area (Å²) in [4.78, 5) is 8.62. The van der Waals surface area contributed by atoms with E-state index in [1.165, 1.54) is 29.8 Å². The van der Waals surface area contributed by atoms with Gasteiger partial charge in [0.1, 0.15) is 17.8 Å². The van der Waals surface area contributed by atoms with Gasteiger partial charge in [-0.1, -0.05) is 12.1 Å². The number of benzene rings is 3. The predicted molar refractivity (Wildman–Crippen MR) is 119 cm³/mol. The maximum atomic E-state index is 13.0. The molecule has 0 bridgehead atoms. The van der Waals surface area contributed by atoms with Crippen LogP contribution in [-0.4, -0.2) is 32.0 Å². The lowest BCUT2D eigenvalue weighted by Crippen LogP contribution is -2.26. The molecule has 31 heavy (non-hydrogen) atoms. The molecule has 4 aromatic rings. The topological polar surface area (TPSA) is 81.6 Å². The van der Waals surface area contributed by atoms with E-state index < -0.39 is 10.0 Å². The van der Waals surface area contributed by atoms with Crippen molar-refractivity contribution in [3.63, 3.8) is 0 Å². The zero-order valence-corrected chi connectivity index (χ0v) is 17.9. The number of para-hydroxylation sites is 1. The van der Waals surface area contributed by atoms with Crippen LogP contribution in [0.25, 0.3) is 10.9 Å². The van der Waals surface area contributed by atoms with Gasteiger partial charge in [0.15, 0.2) is 0 Å². The monoisotopic (exact) mass is 435 g/mol. The third kappa shape index (κ3) is 4.29. The third-order valence-corrected chi connectivity index (χ3v) is 6.51. The lowest BCUT2D eigenvalue weighted by Gasteiger charge is -2.20. The lowest BCUT2D eigenvalue weighted by molar-refractivity contribution is 0.340. The van der Waals surface area contributed by atoms with E-state index >= 15 is 0 Å². The van der Waals surface area contributed by atoms with Gasteiger partial charge >= 0.3 is 0 Å². The Kier molecular flexibility index (Phi) is 5.73. The van der Waals surface area contributed by atoms with Gasteiger partial charge in [-0.15, -0.1) is 0 Å². The largest absolute Gasteiger partial charge is 0.494 e. The molecule has 7 nitrogen and oxygen atoms in total. The van der Waals surface area contributed by atoms with Crippen LogP contribution in [0.4, 0.5) is 5.69 Å². The Balaban J connectivity index is 1.54. The molecule has 0 radical (unpaired) electrons. The highest BCUT2D eigenvalue weighted by atomic mass is 32.2. The summed E-state index contributed by atoms with van der Waals surface area (Å²) >= 11 is 0. The molecule has 0 saturated carbocycles. The smallest absolute Gasteiger partial charge is 0.264 e. The van der Waals surface area contributed by atoms with E-state index in [0.717, 1.165) is 10.9 Å². The van der Waals surface area contributed by atoms with Crippen LogP contribution in [-0.2, 0) is 10.0 Å². The minimum atomic E-state index is -3.71. The molecular weight excluding hydrogens is 414 g/mol. The molecule has 1 aromatic heterocycles. The molecule has 3 aromatic carbocycles. The predicted octanol–water partition coefficient (Wildman–Crippen LogP) is 4.65. The molecule has 0 fully saturated rings. The highest BCUT2D eigenvalue weighted by Gasteiger charge is 2.21. The number of nitrogens with zero attached hydrogens (tertiary/aromatic N) is 3. The van der Waals surface area contributed by atoms with Crippen molar-refractivity contribution in [1.29, 1.82) is 0 Å². The molecular formula is C23H21N3O4S. The first kappa shape index (κ1) is 20.6. The van der Waals surface area contributed by atoms with Crippen LogP contribution >= 0.6 is 0 Å². The van der Waals surface area contributed by atoms with Crippen LogP contribution in [0.5, 0.6) is 17.4 Å². The van der Waals surface area contributed by atoms with Gasteiger partial charge in [-0.25, -0.2) is 18.4 Å². The number of ether oxygens (including phenoxy) is 2. The summed E-state index contributed by atoms with van der Waals surface area (Å²) in [6, 6.07) is 20.7. The van der Waals surface area contributed by atoms with Crippen molar-refractivity contribution < 1.29 is 17.9 Å². The quantitative estimate of drug-likeness (QED) is 0.420. The van der Waals surface area contributed by atoms with E-state index in [9.17, 15) is 8.42 Å². The first-order valence-corrected chi connectivity index (χ1v) is 11.1. The third-order valence-electron chi connectivity index (χ3n) is 4.71. The Morgan fingerprint density at radius 1 is 0.871 bits per heavy atom. The number of aromatic nitrogens is 2. The summed E-state index contributed by atoms with van der Waals surface area (Å²) in [5, 5.41) is 0.796. The van der Waals surface area contributed by atoms with Crippen molar-refractivity contribution in [2.75, 3.05) is 18.0 Å². The zero-order valence-electron chi connectivity index (χ0n) is 17.1. The summed E-state index contributed by atoms with van der Waals surface area (Å²) in [6.45, 7) is 2.39. The van der Waals surface area contributed by atoms with Gasteiger partial charge in [0.2, 0.25) is 5.88 Å².